The largest absolute Gasteiger partial charge is 0.396 e. The summed E-state index contributed by atoms with van der Waals surface area (Å²) in [5.74, 6) is 0.940. The predicted octanol–water partition coefficient (Wildman–Crippen LogP) is 4.31. The lowest BCUT2D eigenvalue weighted by atomic mass is 9.42. The summed E-state index contributed by atoms with van der Waals surface area (Å²) in [6.07, 6.45) is 10.7. The Morgan fingerprint density at radius 3 is 2.36 bits per heavy atom. The molecule has 0 spiro atoms. The van der Waals surface area contributed by atoms with Gasteiger partial charge in [-0.15, -0.1) is 6.58 Å². The number of aliphatic hydroxyl groups is 2. The van der Waals surface area contributed by atoms with Gasteiger partial charge in [-0.2, -0.15) is 0 Å². The third kappa shape index (κ3) is 2.21. The minimum absolute atomic E-state index is 0.0491. The van der Waals surface area contributed by atoms with Gasteiger partial charge in [0.2, 0.25) is 0 Å². The fourth-order valence-electron chi connectivity index (χ4n) is 6.73. The molecule has 0 heterocycles. The van der Waals surface area contributed by atoms with E-state index in [1.54, 1.807) is 0 Å². The molecule has 0 unspecified atom stereocenters. The lowest BCUT2D eigenvalue weighted by molar-refractivity contribution is -0.210. The van der Waals surface area contributed by atoms with E-state index in [-0.39, 0.29) is 16.2 Å². The Kier molecular flexibility index (Phi) is 3.81. The molecule has 3 saturated carbocycles. The molecule has 0 aromatic rings. The van der Waals surface area contributed by atoms with Crippen LogP contribution in [0.1, 0.15) is 72.1 Å². The van der Waals surface area contributed by atoms with E-state index < -0.39 is 5.60 Å². The van der Waals surface area contributed by atoms with Crippen molar-refractivity contribution in [2.75, 3.05) is 6.61 Å². The zero-order chi connectivity index (χ0) is 16.2. The highest BCUT2D eigenvalue weighted by atomic mass is 16.3. The van der Waals surface area contributed by atoms with Crippen LogP contribution in [0.15, 0.2) is 12.7 Å². The second-order valence-corrected chi connectivity index (χ2v) is 9.49. The average molecular weight is 306 g/mol. The summed E-state index contributed by atoms with van der Waals surface area (Å²) in [7, 11) is 0. The van der Waals surface area contributed by atoms with Gasteiger partial charge in [-0.1, -0.05) is 33.3 Å². The molecule has 0 aromatic heterocycles. The van der Waals surface area contributed by atoms with Crippen molar-refractivity contribution in [2.24, 2.45) is 28.1 Å². The molecular formula is C20H34O2. The number of fused-ring (bicyclic) bond motifs is 3. The van der Waals surface area contributed by atoms with Gasteiger partial charge in [0.15, 0.2) is 0 Å². The first-order chi connectivity index (χ1) is 10.2. The maximum Gasteiger partial charge on any atom is 0.0689 e. The van der Waals surface area contributed by atoms with E-state index in [2.05, 4.69) is 33.4 Å². The Labute approximate surface area is 136 Å². The molecule has 2 N–H and O–H groups in total. The molecule has 0 saturated heterocycles. The lowest BCUT2D eigenvalue weighted by Gasteiger charge is -2.64. The highest BCUT2D eigenvalue weighted by molar-refractivity contribution is 5.14. The van der Waals surface area contributed by atoms with E-state index in [0.717, 1.165) is 38.5 Å². The molecule has 2 heteroatoms. The average Bonchev–Trinajstić information content (AvgIpc) is 2.46. The van der Waals surface area contributed by atoms with Crippen molar-refractivity contribution >= 4 is 0 Å². The van der Waals surface area contributed by atoms with Gasteiger partial charge in [-0.25, -0.2) is 0 Å². The normalized spacial score (nSPS) is 55.1. The van der Waals surface area contributed by atoms with Gasteiger partial charge in [0, 0.05) is 6.61 Å². The van der Waals surface area contributed by atoms with Crippen molar-refractivity contribution in [1.29, 1.82) is 0 Å². The number of allylic oxidation sites excluding steroid dienone is 1. The smallest absolute Gasteiger partial charge is 0.0689 e. The zero-order valence-corrected chi connectivity index (χ0v) is 14.7. The Morgan fingerprint density at radius 2 is 1.73 bits per heavy atom. The van der Waals surface area contributed by atoms with Crippen molar-refractivity contribution in [3.05, 3.63) is 12.7 Å². The van der Waals surface area contributed by atoms with Gasteiger partial charge >= 0.3 is 0 Å². The van der Waals surface area contributed by atoms with E-state index in [4.69, 9.17) is 0 Å². The summed E-state index contributed by atoms with van der Waals surface area (Å²) in [5, 5.41) is 21.5. The van der Waals surface area contributed by atoms with E-state index in [1.165, 1.54) is 12.8 Å². The zero-order valence-electron chi connectivity index (χ0n) is 14.7. The molecule has 0 amide bonds. The first-order valence-corrected chi connectivity index (χ1v) is 9.18. The number of hydrogen-bond acceptors (Lipinski definition) is 2. The van der Waals surface area contributed by atoms with Crippen LogP contribution in [0, 0.1) is 28.1 Å². The van der Waals surface area contributed by atoms with Crippen LogP contribution in [0.5, 0.6) is 0 Å². The minimum Gasteiger partial charge on any atom is -0.396 e. The standard InChI is InChI=1S/C20H34O2/c1-5-17(2)11-7-16-19(4)10-6-9-18(3,14-21)15(19)8-12-20(16,22)13-17/h5,15-16,21-22H,1,6-14H2,2-4H3/t15-,16+,17-,18+,19-,20+/m0/s1. The molecule has 22 heavy (non-hydrogen) atoms. The molecule has 0 aliphatic heterocycles. The summed E-state index contributed by atoms with van der Waals surface area (Å²) in [4.78, 5) is 0. The molecule has 3 fully saturated rings. The van der Waals surface area contributed by atoms with Crippen molar-refractivity contribution < 1.29 is 10.2 Å². The van der Waals surface area contributed by atoms with Crippen LogP contribution in [-0.4, -0.2) is 22.4 Å². The molecule has 0 aromatic carbocycles. The second kappa shape index (κ2) is 5.08. The maximum absolute atomic E-state index is 11.5. The quantitative estimate of drug-likeness (QED) is 0.746. The third-order valence-corrected chi connectivity index (χ3v) is 7.98. The van der Waals surface area contributed by atoms with Crippen LogP contribution in [0.3, 0.4) is 0 Å². The summed E-state index contributed by atoms with van der Waals surface area (Å²) in [6, 6.07) is 0. The van der Waals surface area contributed by atoms with Gasteiger partial charge in [0.25, 0.3) is 0 Å². The maximum atomic E-state index is 11.5. The fourth-order valence-corrected chi connectivity index (χ4v) is 6.73. The molecule has 126 valence electrons. The van der Waals surface area contributed by atoms with Crippen LogP contribution in [-0.2, 0) is 0 Å². The summed E-state index contributed by atoms with van der Waals surface area (Å²) in [6.45, 7) is 11.2. The van der Waals surface area contributed by atoms with E-state index in [1.807, 2.05) is 0 Å². The number of hydrogen-bond donors (Lipinski definition) is 2. The van der Waals surface area contributed by atoms with Crippen LogP contribution in [0.25, 0.3) is 0 Å². The van der Waals surface area contributed by atoms with E-state index in [9.17, 15) is 10.2 Å². The summed E-state index contributed by atoms with van der Waals surface area (Å²) < 4.78 is 0. The highest BCUT2D eigenvalue weighted by Crippen LogP contribution is 2.66. The lowest BCUT2D eigenvalue weighted by Crippen LogP contribution is -2.62. The monoisotopic (exact) mass is 306 g/mol. The van der Waals surface area contributed by atoms with Crippen molar-refractivity contribution in [3.8, 4) is 0 Å². The summed E-state index contributed by atoms with van der Waals surface area (Å²) in [5.41, 5.74) is -0.206. The molecule has 0 radical (unpaired) electrons. The van der Waals surface area contributed by atoms with Crippen LogP contribution >= 0.6 is 0 Å². The van der Waals surface area contributed by atoms with Crippen LogP contribution in [0.4, 0.5) is 0 Å². The summed E-state index contributed by atoms with van der Waals surface area (Å²) >= 11 is 0. The second-order valence-electron chi connectivity index (χ2n) is 9.49. The number of rotatable bonds is 2. The van der Waals surface area contributed by atoms with Crippen molar-refractivity contribution in [1.82, 2.24) is 0 Å². The van der Waals surface area contributed by atoms with Crippen molar-refractivity contribution in [3.63, 3.8) is 0 Å². The van der Waals surface area contributed by atoms with E-state index in [0.29, 0.717) is 18.4 Å². The van der Waals surface area contributed by atoms with Crippen molar-refractivity contribution in [2.45, 2.75) is 77.7 Å². The minimum atomic E-state index is -0.528. The SMILES string of the molecule is C=C[C@@]1(C)CC[C@H]2[C@@](O)(CC[C@H]3[C@@](C)(CO)CCC[C@@]32C)C1. The fraction of sp³-hybridized carbons (Fsp3) is 0.900. The van der Waals surface area contributed by atoms with Crippen LogP contribution in [0.2, 0.25) is 0 Å². The molecule has 3 aliphatic carbocycles. The molecule has 3 rings (SSSR count). The molecular weight excluding hydrogens is 272 g/mol. The van der Waals surface area contributed by atoms with Crippen LogP contribution < -0.4 is 0 Å². The van der Waals surface area contributed by atoms with Gasteiger partial charge in [-0.3, -0.25) is 0 Å². The molecule has 2 nitrogen and oxygen atoms in total. The van der Waals surface area contributed by atoms with Gasteiger partial charge in [0.1, 0.15) is 0 Å². The van der Waals surface area contributed by atoms with Gasteiger partial charge < -0.3 is 10.2 Å². The highest BCUT2D eigenvalue weighted by Gasteiger charge is 2.62. The third-order valence-electron chi connectivity index (χ3n) is 7.98. The Morgan fingerprint density at radius 1 is 1.05 bits per heavy atom. The first kappa shape index (κ1) is 16.5. The Hall–Kier alpha value is -0.340. The predicted molar refractivity (Wildman–Crippen MR) is 90.5 cm³/mol. The topological polar surface area (TPSA) is 40.5 Å². The molecule has 0 bridgehead atoms. The van der Waals surface area contributed by atoms with Gasteiger partial charge in [-0.05, 0) is 73.0 Å². The molecule has 3 aliphatic rings. The van der Waals surface area contributed by atoms with Gasteiger partial charge in [0.05, 0.1) is 5.60 Å². The number of aliphatic hydroxyl groups excluding tert-OH is 1. The Balaban J connectivity index is 1.94. The Bertz CT molecular complexity index is 461. The van der Waals surface area contributed by atoms with E-state index >= 15 is 0 Å². The molecule has 6 atom stereocenters. The first-order valence-electron chi connectivity index (χ1n) is 9.18.